The zero-order valence-corrected chi connectivity index (χ0v) is 19.0. The highest BCUT2D eigenvalue weighted by Crippen LogP contribution is 2.38. The Morgan fingerprint density at radius 2 is 1.85 bits per heavy atom. The number of hydrogen-bond donors (Lipinski definition) is 0. The highest BCUT2D eigenvalue weighted by Gasteiger charge is 2.33. The number of ether oxygens (including phenoxy) is 1. The smallest absolute Gasteiger partial charge is 0.416 e. The van der Waals surface area contributed by atoms with Crippen LogP contribution in [0.15, 0.2) is 71.6 Å². The van der Waals surface area contributed by atoms with Crippen molar-refractivity contribution in [1.82, 2.24) is 0 Å². The van der Waals surface area contributed by atoms with Crippen LogP contribution in [-0.4, -0.2) is 15.0 Å². The topological polar surface area (TPSA) is 70.4 Å². The molecule has 1 aliphatic rings. The summed E-state index contributed by atoms with van der Waals surface area (Å²) in [7, 11) is -4.23. The number of anilines is 1. The van der Waals surface area contributed by atoms with Gasteiger partial charge in [0.15, 0.2) is 0 Å². The molecule has 1 unspecified atom stereocenters. The van der Waals surface area contributed by atoms with E-state index in [1.165, 1.54) is 0 Å². The number of benzene rings is 3. The number of halogens is 3. The molecule has 0 fully saturated rings. The highest BCUT2D eigenvalue weighted by atomic mass is 32.2. The number of alkyl halides is 3. The molecule has 176 valence electrons. The van der Waals surface area contributed by atoms with E-state index in [0.717, 1.165) is 40.1 Å². The Bertz CT molecular complexity index is 1360. The number of nitriles is 1. The van der Waals surface area contributed by atoms with Crippen LogP contribution in [0, 0.1) is 11.3 Å². The minimum atomic E-state index is -4.65. The molecule has 0 aliphatic heterocycles. The Balaban J connectivity index is 1.67. The summed E-state index contributed by atoms with van der Waals surface area (Å²) in [6, 6.07) is 17.8. The monoisotopic (exact) mass is 486 g/mol. The van der Waals surface area contributed by atoms with E-state index in [1.807, 2.05) is 6.07 Å². The first-order valence-corrected chi connectivity index (χ1v) is 12.1. The number of rotatable bonds is 6. The van der Waals surface area contributed by atoms with Crippen molar-refractivity contribution in [2.45, 2.75) is 36.9 Å². The average molecular weight is 487 g/mol. The fourth-order valence-corrected chi connectivity index (χ4v) is 5.60. The van der Waals surface area contributed by atoms with Crippen LogP contribution in [0.3, 0.4) is 0 Å². The normalized spacial score (nSPS) is 15.4. The predicted molar refractivity (Wildman–Crippen MR) is 121 cm³/mol. The van der Waals surface area contributed by atoms with Crippen LogP contribution >= 0.6 is 0 Å². The van der Waals surface area contributed by atoms with Gasteiger partial charge in [-0.15, -0.1) is 0 Å². The molecule has 0 heterocycles. The van der Waals surface area contributed by atoms with Crippen LogP contribution in [0.25, 0.3) is 0 Å². The first-order valence-electron chi connectivity index (χ1n) is 10.6. The van der Waals surface area contributed by atoms with Gasteiger partial charge in [0.05, 0.1) is 27.8 Å². The van der Waals surface area contributed by atoms with Gasteiger partial charge in [-0.3, -0.25) is 4.31 Å². The van der Waals surface area contributed by atoms with Gasteiger partial charge in [0.1, 0.15) is 11.9 Å². The third-order valence-electron chi connectivity index (χ3n) is 5.72. The van der Waals surface area contributed by atoms with Crippen LogP contribution in [0.5, 0.6) is 5.75 Å². The Morgan fingerprint density at radius 1 is 1.09 bits per heavy atom. The average Bonchev–Trinajstić information content (AvgIpc) is 3.21. The molecule has 34 heavy (non-hydrogen) atoms. The third-order valence-corrected chi connectivity index (χ3v) is 7.62. The van der Waals surface area contributed by atoms with E-state index in [4.69, 9.17) is 10.00 Å². The molecule has 0 amide bonds. The van der Waals surface area contributed by atoms with Crippen molar-refractivity contribution in [2.24, 2.45) is 0 Å². The number of fused-ring (bicyclic) bond motifs is 1. The van der Waals surface area contributed by atoms with Crippen LogP contribution in [-0.2, 0) is 22.6 Å². The Labute approximate surface area is 196 Å². The zero-order valence-electron chi connectivity index (χ0n) is 18.2. The molecule has 1 aliphatic carbocycles. The number of hydrogen-bond acceptors (Lipinski definition) is 4. The second-order valence-electron chi connectivity index (χ2n) is 7.86. The summed E-state index contributed by atoms with van der Waals surface area (Å²) in [5, 5.41) is 9.11. The maximum absolute atomic E-state index is 13.3. The molecule has 0 radical (unpaired) electrons. The van der Waals surface area contributed by atoms with Gasteiger partial charge in [0.2, 0.25) is 0 Å². The van der Waals surface area contributed by atoms with E-state index in [9.17, 15) is 21.6 Å². The van der Waals surface area contributed by atoms with Crippen LogP contribution in [0.4, 0.5) is 18.9 Å². The van der Waals surface area contributed by atoms with Gasteiger partial charge in [-0.2, -0.15) is 18.4 Å². The van der Waals surface area contributed by atoms with Crippen molar-refractivity contribution in [3.05, 3.63) is 89.0 Å². The molecule has 1 atom stereocenters. The maximum atomic E-state index is 13.3. The second-order valence-corrected chi connectivity index (χ2v) is 9.73. The van der Waals surface area contributed by atoms with Gasteiger partial charge in [-0.05, 0) is 79.4 Å². The van der Waals surface area contributed by atoms with Crippen LogP contribution < -0.4 is 9.04 Å². The molecule has 4 rings (SSSR count). The second kappa shape index (κ2) is 9.03. The quantitative estimate of drug-likeness (QED) is 0.438. The number of nitrogens with zero attached hydrogens (tertiary/aromatic N) is 2. The van der Waals surface area contributed by atoms with Crippen molar-refractivity contribution < 1.29 is 26.3 Å². The molecular weight excluding hydrogens is 465 g/mol. The Kier molecular flexibility index (Phi) is 6.28. The van der Waals surface area contributed by atoms with E-state index < -0.39 is 26.7 Å². The summed E-state index contributed by atoms with van der Waals surface area (Å²) in [4.78, 5) is -0.425. The van der Waals surface area contributed by atoms with Crippen molar-refractivity contribution in [2.75, 3.05) is 10.8 Å². The lowest BCUT2D eigenvalue weighted by Gasteiger charge is -2.25. The molecule has 0 spiro atoms. The lowest BCUT2D eigenvalue weighted by atomic mass is 10.1. The summed E-state index contributed by atoms with van der Waals surface area (Å²) in [5.74, 6) is 0.534. The van der Waals surface area contributed by atoms with E-state index >= 15 is 0 Å². The summed E-state index contributed by atoms with van der Waals surface area (Å²) < 4.78 is 73.2. The first kappa shape index (κ1) is 23.6. The van der Waals surface area contributed by atoms with Gasteiger partial charge < -0.3 is 4.74 Å². The van der Waals surface area contributed by atoms with Gasteiger partial charge >= 0.3 is 6.18 Å². The third kappa shape index (κ3) is 4.59. The van der Waals surface area contributed by atoms with E-state index in [1.54, 1.807) is 43.3 Å². The van der Waals surface area contributed by atoms with Gasteiger partial charge in [0.25, 0.3) is 10.0 Å². The first-order chi connectivity index (χ1) is 16.1. The van der Waals surface area contributed by atoms with Crippen LogP contribution in [0.1, 0.15) is 41.7 Å². The van der Waals surface area contributed by atoms with Gasteiger partial charge in [-0.25, -0.2) is 8.42 Å². The van der Waals surface area contributed by atoms with E-state index in [0.29, 0.717) is 29.5 Å². The standard InChI is InChI=1S/C25H21F3N2O3S/c1-2-30(34(31,32)22-8-4-6-19(14-22)25(26,27)28)20-11-9-18-10-12-24(23(18)15-20)33-21-7-3-5-17(13-21)16-29/h3-9,11,13-15,24H,2,10,12H2,1H3. The molecule has 5 nitrogen and oxygen atoms in total. The summed E-state index contributed by atoms with van der Waals surface area (Å²) in [5.41, 5.74) is 1.62. The minimum absolute atomic E-state index is 0.0348. The molecule has 0 saturated heterocycles. The van der Waals surface area contributed by atoms with Crippen molar-refractivity contribution in [1.29, 1.82) is 5.26 Å². The van der Waals surface area contributed by atoms with Crippen molar-refractivity contribution in [3.63, 3.8) is 0 Å². The van der Waals surface area contributed by atoms with E-state index in [-0.39, 0.29) is 12.6 Å². The molecule has 0 aromatic heterocycles. The number of sulfonamides is 1. The summed E-state index contributed by atoms with van der Waals surface area (Å²) in [6.07, 6.45) is -3.56. The summed E-state index contributed by atoms with van der Waals surface area (Å²) >= 11 is 0. The van der Waals surface area contributed by atoms with Crippen molar-refractivity contribution >= 4 is 15.7 Å². The molecule has 0 N–H and O–H groups in total. The lowest BCUT2D eigenvalue weighted by Crippen LogP contribution is -2.31. The molecule has 9 heteroatoms. The Morgan fingerprint density at radius 3 is 2.56 bits per heavy atom. The maximum Gasteiger partial charge on any atom is 0.416 e. The Hall–Kier alpha value is -3.51. The minimum Gasteiger partial charge on any atom is -0.486 e. The van der Waals surface area contributed by atoms with Gasteiger partial charge in [0, 0.05) is 6.54 Å². The SMILES string of the molecule is CCN(c1ccc2c(c1)C(Oc1cccc(C#N)c1)CC2)S(=O)(=O)c1cccc(C(F)(F)F)c1. The highest BCUT2D eigenvalue weighted by molar-refractivity contribution is 7.92. The number of aryl methyl sites for hydroxylation is 1. The lowest BCUT2D eigenvalue weighted by molar-refractivity contribution is -0.137. The summed E-state index contributed by atoms with van der Waals surface area (Å²) in [6.45, 7) is 1.66. The fourth-order valence-electron chi connectivity index (χ4n) is 4.08. The molecule has 3 aromatic carbocycles. The molecule has 3 aromatic rings. The molecule has 0 bridgehead atoms. The fraction of sp³-hybridized carbons (Fsp3) is 0.240. The molecule has 0 saturated carbocycles. The largest absolute Gasteiger partial charge is 0.486 e. The predicted octanol–water partition coefficient (Wildman–Crippen LogP) is 5.86. The zero-order chi connectivity index (χ0) is 24.5. The van der Waals surface area contributed by atoms with Crippen LogP contribution in [0.2, 0.25) is 0 Å². The molecular formula is C25H21F3N2O3S. The van der Waals surface area contributed by atoms with Gasteiger partial charge in [-0.1, -0.05) is 18.2 Å². The van der Waals surface area contributed by atoms with E-state index in [2.05, 4.69) is 6.07 Å². The van der Waals surface area contributed by atoms with Crippen molar-refractivity contribution in [3.8, 4) is 11.8 Å².